The summed E-state index contributed by atoms with van der Waals surface area (Å²) in [5, 5.41) is 0. The van der Waals surface area contributed by atoms with E-state index in [1.165, 1.54) is 0 Å². The molecule has 1 atom stereocenters. The van der Waals surface area contributed by atoms with Gasteiger partial charge in [-0.25, -0.2) is 0 Å². The Hall–Kier alpha value is -0.250. The monoisotopic (exact) mass is 237 g/mol. The lowest BCUT2D eigenvalue weighted by Gasteiger charge is -2.38. The Morgan fingerprint density at radius 1 is 1.19 bits per heavy atom. The maximum absolute atomic E-state index is 12.1. The van der Waals surface area contributed by atoms with Crippen molar-refractivity contribution in [2.24, 2.45) is 10.8 Å². The first-order valence-electron chi connectivity index (χ1n) is 5.83. The molecule has 0 aromatic heterocycles. The summed E-state index contributed by atoms with van der Waals surface area (Å²) in [6.45, 7) is 10.4. The summed E-state index contributed by atoms with van der Waals surface area (Å²) in [7, 11) is 0. The molecule has 1 rings (SSSR count). The highest BCUT2D eigenvalue weighted by molar-refractivity contribution is 4.94. The van der Waals surface area contributed by atoms with Crippen LogP contribution in [0.25, 0.3) is 0 Å². The van der Waals surface area contributed by atoms with Gasteiger partial charge in [0, 0.05) is 13.1 Å². The Labute approximate surface area is 96.0 Å². The summed E-state index contributed by atoms with van der Waals surface area (Å²) in [5.74, 6) is 0. The Morgan fingerprint density at radius 3 is 2.12 bits per heavy atom. The second-order valence-electron chi connectivity index (χ2n) is 6.20. The molecule has 16 heavy (non-hydrogen) atoms. The topological polar surface area (TPSA) is 3.24 Å². The fourth-order valence-electron chi connectivity index (χ4n) is 2.14. The van der Waals surface area contributed by atoms with Gasteiger partial charge in [0.25, 0.3) is 0 Å². The Balaban J connectivity index is 2.47. The first-order valence-corrected chi connectivity index (χ1v) is 5.83. The van der Waals surface area contributed by atoms with Gasteiger partial charge >= 0.3 is 6.18 Å². The second-order valence-corrected chi connectivity index (χ2v) is 6.20. The van der Waals surface area contributed by atoms with Crippen molar-refractivity contribution in [2.75, 3.05) is 19.6 Å². The first-order chi connectivity index (χ1) is 7.04. The van der Waals surface area contributed by atoms with Crippen molar-refractivity contribution in [3.8, 4) is 0 Å². The van der Waals surface area contributed by atoms with Gasteiger partial charge in [0.05, 0.1) is 6.42 Å². The van der Waals surface area contributed by atoms with Crippen LogP contribution in [0.4, 0.5) is 13.2 Å². The highest BCUT2D eigenvalue weighted by atomic mass is 19.4. The zero-order valence-electron chi connectivity index (χ0n) is 10.6. The van der Waals surface area contributed by atoms with E-state index in [9.17, 15) is 13.2 Å². The van der Waals surface area contributed by atoms with E-state index in [1.54, 1.807) is 0 Å². The first kappa shape index (κ1) is 13.8. The van der Waals surface area contributed by atoms with Crippen LogP contribution in [0.15, 0.2) is 0 Å². The van der Waals surface area contributed by atoms with Gasteiger partial charge in [-0.1, -0.05) is 27.7 Å². The molecule has 4 heteroatoms. The number of alkyl halides is 3. The Morgan fingerprint density at radius 2 is 1.75 bits per heavy atom. The van der Waals surface area contributed by atoms with E-state index in [0.717, 1.165) is 19.5 Å². The fraction of sp³-hybridized carbons (Fsp3) is 1.00. The standard InChI is InChI=1S/C12H22F3N/c1-10(2,3)11(4)5-7-16(9-11)8-6-12(13,14)15/h5-9H2,1-4H3. The summed E-state index contributed by atoms with van der Waals surface area (Å²) in [4.78, 5) is 1.94. The van der Waals surface area contributed by atoms with Crippen molar-refractivity contribution in [1.29, 1.82) is 0 Å². The fourth-order valence-corrected chi connectivity index (χ4v) is 2.14. The molecule has 1 fully saturated rings. The highest BCUT2D eigenvalue weighted by Gasteiger charge is 2.43. The number of halogens is 3. The minimum absolute atomic E-state index is 0.137. The van der Waals surface area contributed by atoms with Crippen molar-refractivity contribution in [2.45, 2.75) is 46.7 Å². The van der Waals surface area contributed by atoms with Crippen molar-refractivity contribution >= 4 is 0 Å². The van der Waals surface area contributed by atoms with Gasteiger partial charge < -0.3 is 4.90 Å². The Bertz CT molecular complexity index is 242. The molecule has 0 bridgehead atoms. The number of hydrogen-bond acceptors (Lipinski definition) is 1. The third kappa shape index (κ3) is 3.37. The van der Waals surface area contributed by atoms with Crippen LogP contribution < -0.4 is 0 Å². The lowest BCUT2D eigenvalue weighted by Crippen LogP contribution is -2.36. The van der Waals surface area contributed by atoms with E-state index in [0.29, 0.717) is 0 Å². The Kier molecular flexibility index (Phi) is 3.63. The molecule has 0 saturated carbocycles. The predicted octanol–water partition coefficient (Wildman–Crippen LogP) is 3.70. The van der Waals surface area contributed by atoms with Crippen molar-refractivity contribution in [1.82, 2.24) is 4.90 Å². The number of rotatable bonds is 2. The van der Waals surface area contributed by atoms with Gasteiger partial charge in [0.15, 0.2) is 0 Å². The normalized spacial score (nSPS) is 28.7. The van der Waals surface area contributed by atoms with Crippen LogP contribution in [0.2, 0.25) is 0 Å². The van der Waals surface area contributed by atoms with Gasteiger partial charge in [0.1, 0.15) is 0 Å². The van der Waals surface area contributed by atoms with E-state index in [2.05, 4.69) is 27.7 Å². The van der Waals surface area contributed by atoms with Gasteiger partial charge in [-0.15, -0.1) is 0 Å². The molecular formula is C12H22F3N. The van der Waals surface area contributed by atoms with Crippen molar-refractivity contribution < 1.29 is 13.2 Å². The molecule has 1 aliphatic heterocycles. The molecule has 0 amide bonds. The van der Waals surface area contributed by atoms with E-state index >= 15 is 0 Å². The molecule has 0 radical (unpaired) electrons. The minimum Gasteiger partial charge on any atom is -0.302 e. The summed E-state index contributed by atoms with van der Waals surface area (Å²) in [6.07, 6.45) is -3.72. The summed E-state index contributed by atoms with van der Waals surface area (Å²) in [6, 6.07) is 0. The molecule has 1 unspecified atom stereocenters. The smallest absolute Gasteiger partial charge is 0.302 e. The molecule has 0 N–H and O–H groups in total. The molecule has 0 aromatic carbocycles. The molecular weight excluding hydrogens is 215 g/mol. The van der Waals surface area contributed by atoms with Crippen molar-refractivity contribution in [3.05, 3.63) is 0 Å². The lowest BCUT2D eigenvalue weighted by molar-refractivity contribution is -0.137. The molecule has 1 heterocycles. The zero-order chi connectivity index (χ0) is 12.6. The van der Waals surface area contributed by atoms with E-state index in [-0.39, 0.29) is 17.4 Å². The molecule has 96 valence electrons. The van der Waals surface area contributed by atoms with E-state index in [4.69, 9.17) is 0 Å². The van der Waals surface area contributed by atoms with Gasteiger partial charge in [-0.05, 0) is 23.8 Å². The molecule has 0 aromatic rings. The number of likely N-dealkylation sites (tertiary alicyclic amines) is 1. The SMILES string of the molecule is CC(C)(C)C1(C)CCN(CCC(F)(F)F)C1. The van der Waals surface area contributed by atoms with Gasteiger partial charge in [-0.2, -0.15) is 13.2 Å². The number of nitrogens with zero attached hydrogens (tertiary/aromatic N) is 1. The van der Waals surface area contributed by atoms with Crippen LogP contribution in [-0.2, 0) is 0 Å². The lowest BCUT2D eigenvalue weighted by atomic mass is 9.67. The highest BCUT2D eigenvalue weighted by Crippen LogP contribution is 2.45. The largest absolute Gasteiger partial charge is 0.390 e. The molecule has 1 nitrogen and oxygen atoms in total. The third-order valence-electron chi connectivity index (χ3n) is 4.07. The minimum atomic E-state index is -4.03. The second kappa shape index (κ2) is 4.21. The molecule has 1 aliphatic rings. The maximum Gasteiger partial charge on any atom is 0.390 e. The zero-order valence-corrected chi connectivity index (χ0v) is 10.6. The van der Waals surface area contributed by atoms with Crippen LogP contribution in [0.1, 0.15) is 40.5 Å². The van der Waals surface area contributed by atoms with Gasteiger partial charge in [-0.3, -0.25) is 0 Å². The average Bonchev–Trinajstić information content (AvgIpc) is 2.43. The van der Waals surface area contributed by atoms with Crippen LogP contribution in [0.5, 0.6) is 0 Å². The van der Waals surface area contributed by atoms with Crippen LogP contribution >= 0.6 is 0 Å². The van der Waals surface area contributed by atoms with Crippen molar-refractivity contribution in [3.63, 3.8) is 0 Å². The average molecular weight is 237 g/mol. The summed E-state index contributed by atoms with van der Waals surface area (Å²) >= 11 is 0. The van der Waals surface area contributed by atoms with E-state index < -0.39 is 12.6 Å². The molecule has 1 saturated heterocycles. The molecule has 0 aliphatic carbocycles. The van der Waals surface area contributed by atoms with Gasteiger partial charge in [0.2, 0.25) is 0 Å². The molecule has 0 spiro atoms. The third-order valence-corrected chi connectivity index (χ3v) is 4.07. The van der Waals surface area contributed by atoms with E-state index in [1.807, 2.05) is 4.90 Å². The van der Waals surface area contributed by atoms with Crippen LogP contribution in [0, 0.1) is 10.8 Å². The summed E-state index contributed by atoms with van der Waals surface area (Å²) in [5.41, 5.74) is 0.290. The summed E-state index contributed by atoms with van der Waals surface area (Å²) < 4.78 is 36.3. The predicted molar refractivity (Wildman–Crippen MR) is 59.3 cm³/mol. The quantitative estimate of drug-likeness (QED) is 0.708. The maximum atomic E-state index is 12.1. The number of hydrogen-bond donors (Lipinski definition) is 0. The van der Waals surface area contributed by atoms with Crippen LogP contribution in [0.3, 0.4) is 0 Å². The van der Waals surface area contributed by atoms with Crippen LogP contribution in [-0.4, -0.2) is 30.7 Å².